The molecule has 1 aliphatic carbocycles. The fraction of sp³-hybridized carbons (Fsp3) is 0.324. The van der Waals surface area contributed by atoms with Crippen LogP contribution in [0, 0.1) is 0 Å². The number of carboxylic acid groups (broad SMARTS) is 1. The van der Waals surface area contributed by atoms with Crippen LogP contribution in [0.3, 0.4) is 0 Å². The van der Waals surface area contributed by atoms with Gasteiger partial charge in [-0.05, 0) is 36.0 Å². The highest BCUT2D eigenvalue weighted by molar-refractivity contribution is 5.98. The minimum Gasteiger partial charge on any atom is -0.465 e. The van der Waals surface area contributed by atoms with E-state index in [1.165, 1.54) is 16.7 Å². The lowest BCUT2D eigenvalue weighted by atomic mass is 9.89. The summed E-state index contributed by atoms with van der Waals surface area (Å²) in [6.45, 7) is 2.03. The highest BCUT2D eigenvalue weighted by Crippen LogP contribution is 2.35. The number of amides is 2. The third-order valence-electron chi connectivity index (χ3n) is 8.58. The number of hydrogen-bond acceptors (Lipinski definition) is 4. The van der Waals surface area contributed by atoms with Gasteiger partial charge in [-0.1, -0.05) is 97.8 Å². The Morgan fingerprint density at radius 2 is 1.55 bits per heavy atom. The van der Waals surface area contributed by atoms with Crippen LogP contribution in [0.1, 0.15) is 47.8 Å². The Bertz CT molecular complexity index is 1500. The molecular formula is C34H37N5O3. The van der Waals surface area contributed by atoms with Crippen LogP contribution < -0.4 is 10.6 Å². The molecule has 0 spiro atoms. The van der Waals surface area contributed by atoms with Gasteiger partial charge in [-0.3, -0.25) is 4.79 Å². The van der Waals surface area contributed by atoms with Crippen LogP contribution in [0.15, 0.2) is 91.3 Å². The summed E-state index contributed by atoms with van der Waals surface area (Å²) in [5.41, 5.74) is 5.62. The molecule has 1 saturated carbocycles. The molecule has 2 fully saturated rings. The Kier molecular flexibility index (Phi) is 8.33. The second kappa shape index (κ2) is 12.6. The van der Waals surface area contributed by atoms with Crippen molar-refractivity contribution in [1.82, 2.24) is 25.1 Å². The first kappa shape index (κ1) is 27.7. The number of piperazine rings is 1. The van der Waals surface area contributed by atoms with Gasteiger partial charge < -0.3 is 25.2 Å². The molecule has 3 atom stereocenters. The van der Waals surface area contributed by atoms with Crippen molar-refractivity contribution in [2.75, 3.05) is 19.6 Å². The van der Waals surface area contributed by atoms with E-state index in [1.54, 1.807) is 6.33 Å². The lowest BCUT2D eigenvalue weighted by Gasteiger charge is -2.36. The molecule has 2 aliphatic rings. The number of nitrogens with one attached hydrogen (secondary N) is 2. The summed E-state index contributed by atoms with van der Waals surface area (Å²) in [4.78, 5) is 32.6. The van der Waals surface area contributed by atoms with Gasteiger partial charge in [0.2, 0.25) is 0 Å². The Morgan fingerprint density at radius 3 is 2.26 bits per heavy atom. The second-order valence-corrected chi connectivity index (χ2v) is 11.2. The molecule has 8 nitrogen and oxygen atoms in total. The highest BCUT2D eigenvalue weighted by Gasteiger charge is 2.35. The maximum atomic E-state index is 14.3. The summed E-state index contributed by atoms with van der Waals surface area (Å²) >= 11 is 0. The number of hydrogen-bond donors (Lipinski definition) is 3. The molecule has 42 heavy (non-hydrogen) atoms. The number of aromatic nitrogens is 2. The van der Waals surface area contributed by atoms with Crippen molar-refractivity contribution in [3.05, 3.63) is 103 Å². The number of benzene rings is 3. The molecule has 0 unspecified atom stereocenters. The Labute approximate surface area is 246 Å². The van der Waals surface area contributed by atoms with Crippen LogP contribution in [0.2, 0.25) is 0 Å². The molecule has 4 aromatic rings. The number of carbonyl (C=O) groups is 2. The third-order valence-corrected chi connectivity index (χ3v) is 8.58. The van der Waals surface area contributed by atoms with Crippen molar-refractivity contribution in [3.63, 3.8) is 0 Å². The predicted molar refractivity (Wildman–Crippen MR) is 163 cm³/mol. The van der Waals surface area contributed by atoms with E-state index in [0.29, 0.717) is 18.8 Å². The molecule has 2 amide bonds. The first-order valence-corrected chi connectivity index (χ1v) is 14.9. The largest absolute Gasteiger partial charge is 0.465 e. The molecule has 0 radical (unpaired) electrons. The Hall–Kier alpha value is -4.43. The summed E-state index contributed by atoms with van der Waals surface area (Å²) in [5, 5.41) is 15.7. The van der Waals surface area contributed by atoms with Crippen molar-refractivity contribution >= 4 is 12.0 Å². The van der Waals surface area contributed by atoms with Crippen molar-refractivity contribution in [1.29, 1.82) is 0 Å². The van der Waals surface area contributed by atoms with Gasteiger partial charge in [-0.25, -0.2) is 9.78 Å². The van der Waals surface area contributed by atoms with E-state index in [9.17, 15) is 14.7 Å². The van der Waals surface area contributed by atoms with E-state index < -0.39 is 6.09 Å². The molecule has 216 valence electrons. The van der Waals surface area contributed by atoms with Gasteiger partial charge >= 0.3 is 6.09 Å². The number of nitrogens with zero attached hydrogens (tertiary/aromatic N) is 3. The lowest BCUT2D eigenvalue weighted by Crippen LogP contribution is -2.54. The molecule has 6 rings (SSSR count). The molecule has 1 aromatic heterocycles. The van der Waals surface area contributed by atoms with Gasteiger partial charge in [0.1, 0.15) is 0 Å². The molecule has 0 bridgehead atoms. The van der Waals surface area contributed by atoms with Crippen LogP contribution in [0.5, 0.6) is 0 Å². The van der Waals surface area contributed by atoms with E-state index in [2.05, 4.69) is 47.0 Å². The summed E-state index contributed by atoms with van der Waals surface area (Å²) in [7, 11) is 0. The van der Waals surface area contributed by atoms with Gasteiger partial charge in [0.25, 0.3) is 5.91 Å². The normalized spacial score (nSPS) is 20.7. The monoisotopic (exact) mass is 563 g/mol. The fourth-order valence-corrected chi connectivity index (χ4v) is 6.50. The average Bonchev–Trinajstić information content (AvgIpc) is 3.47. The van der Waals surface area contributed by atoms with E-state index >= 15 is 0 Å². The molecule has 2 heterocycles. The zero-order valence-corrected chi connectivity index (χ0v) is 23.7. The van der Waals surface area contributed by atoms with Crippen molar-refractivity contribution in [3.8, 4) is 22.4 Å². The van der Waals surface area contributed by atoms with Crippen molar-refractivity contribution in [2.24, 2.45) is 0 Å². The van der Waals surface area contributed by atoms with Gasteiger partial charge in [0, 0.05) is 31.2 Å². The van der Waals surface area contributed by atoms with Gasteiger partial charge in [-0.2, -0.15) is 0 Å². The van der Waals surface area contributed by atoms with Gasteiger partial charge in [-0.15, -0.1) is 0 Å². The summed E-state index contributed by atoms with van der Waals surface area (Å²) in [5.74, 6) is -0.0847. The first-order valence-electron chi connectivity index (χ1n) is 14.9. The minimum atomic E-state index is -1.02. The lowest BCUT2D eigenvalue weighted by molar-refractivity contribution is 0.0631. The Morgan fingerprint density at radius 1 is 0.881 bits per heavy atom. The molecular weight excluding hydrogens is 526 g/mol. The summed E-state index contributed by atoms with van der Waals surface area (Å²) in [6.07, 6.45) is 5.01. The van der Waals surface area contributed by atoms with E-state index in [0.717, 1.165) is 49.9 Å². The van der Waals surface area contributed by atoms with E-state index in [4.69, 9.17) is 4.98 Å². The molecule has 3 N–H and O–H groups in total. The fourth-order valence-electron chi connectivity index (χ4n) is 6.50. The quantitative estimate of drug-likeness (QED) is 0.271. The van der Waals surface area contributed by atoms with Crippen LogP contribution in [-0.2, 0) is 6.42 Å². The molecule has 8 heteroatoms. The topological polar surface area (TPSA) is 99.5 Å². The SMILES string of the molecule is O=C(O)N[C@H]1CCCC[C@@H]1n1cnc(C(=O)N2CCNC[C@H]2Cc2ccc(-c3ccccc3)cc2)c1-c1ccccc1. The van der Waals surface area contributed by atoms with E-state index in [1.807, 2.05) is 58.0 Å². The van der Waals surface area contributed by atoms with Crippen LogP contribution in [-0.4, -0.2) is 63.3 Å². The number of rotatable bonds is 7. The number of carbonyl (C=O) groups excluding carboxylic acids is 1. The van der Waals surface area contributed by atoms with Crippen LogP contribution in [0.25, 0.3) is 22.4 Å². The first-order chi connectivity index (χ1) is 20.6. The van der Waals surface area contributed by atoms with Gasteiger partial charge in [0.05, 0.1) is 24.1 Å². The van der Waals surface area contributed by atoms with Crippen LogP contribution >= 0.6 is 0 Å². The Balaban J connectivity index is 1.29. The summed E-state index contributed by atoms with van der Waals surface area (Å²) < 4.78 is 2.04. The zero-order valence-electron chi connectivity index (χ0n) is 23.7. The van der Waals surface area contributed by atoms with E-state index in [-0.39, 0.29) is 24.0 Å². The van der Waals surface area contributed by atoms with Gasteiger partial charge in [0.15, 0.2) is 5.69 Å². The standard InChI is InChI=1S/C34H37N5O3/c40-33(38-20-19-35-22-28(38)21-24-15-17-26(18-16-24)25-9-3-1-4-10-25)31-32(27-11-5-2-6-12-27)39(23-36-31)30-14-8-7-13-29(30)37-34(41)42/h1-6,9-12,15-18,23,28-30,35,37H,7-8,13-14,19-22H2,(H,41,42)/t28-,29+,30+/m1/s1. The average molecular weight is 564 g/mol. The second-order valence-electron chi connectivity index (χ2n) is 11.2. The maximum absolute atomic E-state index is 14.3. The molecule has 1 aliphatic heterocycles. The minimum absolute atomic E-state index is 0.0151. The highest BCUT2D eigenvalue weighted by atomic mass is 16.4. The molecule has 3 aromatic carbocycles. The smallest absolute Gasteiger partial charge is 0.404 e. The zero-order chi connectivity index (χ0) is 28.9. The van der Waals surface area contributed by atoms with Crippen LogP contribution in [0.4, 0.5) is 4.79 Å². The van der Waals surface area contributed by atoms with Crippen molar-refractivity contribution in [2.45, 2.75) is 50.2 Å². The van der Waals surface area contributed by atoms with Crippen molar-refractivity contribution < 1.29 is 14.7 Å². The maximum Gasteiger partial charge on any atom is 0.404 e. The molecule has 1 saturated heterocycles. The predicted octanol–water partition coefficient (Wildman–Crippen LogP) is 5.63. The third kappa shape index (κ3) is 5.94. The summed E-state index contributed by atoms with van der Waals surface area (Å²) in [6, 6.07) is 28.4. The number of imidazole rings is 1.